The van der Waals surface area contributed by atoms with E-state index in [1.807, 2.05) is 0 Å². The minimum Gasteiger partial charge on any atom is -0.772 e. The largest absolute Gasteiger partial charge is 1.00 e. The van der Waals surface area contributed by atoms with Crippen LogP contribution in [0.1, 0.15) is 12.8 Å². The molecule has 2 unspecified atom stereocenters. The molecule has 0 aliphatic rings. The van der Waals surface area contributed by atoms with Crippen LogP contribution in [0.4, 0.5) is 0 Å². The van der Waals surface area contributed by atoms with Crippen molar-refractivity contribution in [3.8, 4) is 0 Å². The van der Waals surface area contributed by atoms with Crippen molar-refractivity contribution < 1.29 is 76.6 Å². The maximum absolute atomic E-state index is 10.4. The third-order valence-electron chi connectivity index (χ3n) is 1.97. The topological polar surface area (TPSA) is 129 Å². The second-order valence-electron chi connectivity index (χ2n) is 3.70. The van der Waals surface area contributed by atoms with Gasteiger partial charge in [0.2, 0.25) is 0 Å². The van der Waals surface area contributed by atoms with Crippen molar-refractivity contribution in [2.75, 3.05) is 23.0 Å². The van der Waals surface area contributed by atoms with Crippen molar-refractivity contribution >= 4 is 43.7 Å². The van der Waals surface area contributed by atoms with Gasteiger partial charge in [-0.05, 0) is 12.8 Å². The summed E-state index contributed by atoms with van der Waals surface area (Å²) in [5, 5.41) is 0. The first kappa shape index (κ1) is 27.7. The Morgan fingerprint density at radius 2 is 1.40 bits per heavy atom. The molecular formula is C8H19N2Na2O4S4+. The number of hydrogen-bond donors (Lipinski definition) is 3. The predicted octanol–water partition coefficient (Wildman–Crippen LogP) is -6.09. The number of nitrogens with two attached hydrogens (primary N) is 2. The summed E-state index contributed by atoms with van der Waals surface area (Å²) >= 11 is -3.81. The molecule has 0 bridgehead atoms. The molecular weight excluding hydrogens is 362 g/mol. The SMILES string of the molecule is N[C@H](CCS(=O)[O-])CSSC[C@H](N)CCS(=O)O.[Na+].[Na+]. The summed E-state index contributed by atoms with van der Waals surface area (Å²) < 4.78 is 39.7. The zero-order valence-corrected chi connectivity index (χ0v) is 19.1. The molecule has 0 saturated carbocycles. The van der Waals surface area contributed by atoms with Crippen molar-refractivity contribution in [3.63, 3.8) is 0 Å². The zero-order chi connectivity index (χ0) is 14.0. The fraction of sp³-hybridized carbons (Fsp3) is 1.00. The molecule has 0 aromatic carbocycles. The molecule has 0 aromatic rings. The number of hydrogen-bond acceptors (Lipinski definition) is 7. The van der Waals surface area contributed by atoms with Crippen LogP contribution < -0.4 is 70.6 Å². The van der Waals surface area contributed by atoms with Crippen LogP contribution in [0.2, 0.25) is 0 Å². The molecule has 0 radical (unpaired) electrons. The van der Waals surface area contributed by atoms with Crippen LogP contribution in [-0.4, -0.2) is 52.6 Å². The van der Waals surface area contributed by atoms with Crippen LogP contribution in [0, 0.1) is 0 Å². The molecule has 0 aliphatic carbocycles. The Kier molecular flexibility index (Phi) is 25.2. The molecule has 0 aliphatic heterocycles. The average molecular weight is 381 g/mol. The maximum atomic E-state index is 10.4. The minimum absolute atomic E-state index is 0. The summed E-state index contributed by atoms with van der Waals surface area (Å²) in [6.07, 6.45) is 0.969. The normalized spacial score (nSPS) is 16.4. The zero-order valence-electron chi connectivity index (χ0n) is 11.9. The molecule has 0 spiro atoms. The number of rotatable bonds is 11. The molecule has 6 nitrogen and oxygen atoms in total. The Balaban J connectivity index is -0.00000144. The van der Waals surface area contributed by atoms with E-state index in [-0.39, 0.29) is 82.7 Å². The van der Waals surface area contributed by atoms with Crippen molar-refractivity contribution in [2.45, 2.75) is 24.9 Å². The molecule has 0 aromatic heterocycles. The van der Waals surface area contributed by atoms with Crippen LogP contribution >= 0.6 is 21.6 Å². The van der Waals surface area contributed by atoms with Gasteiger partial charge in [-0.2, -0.15) is 0 Å². The van der Waals surface area contributed by atoms with E-state index >= 15 is 0 Å². The first-order chi connectivity index (χ1) is 8.41. The molecule has 4 atom stereocenters. The van der Waals surface area contributed by atoms with Crippen molar-refractivity contribution in [1.82, 2.24) is 0 Å². The van der Waals surface area contributed by atoms with Crippen LogP contribution in [0.15, 0.2) is 0 Å². The second-order valence-corrected chi connectivity index (χ2v) is 8.32. The maximum Gasteiger partial charge on any atom is 1.00 e. The van der Waals surface area contributed by atoms with E-state index in [0.717, 1.165) is 0 Å². The summed E-state index contributed by atoms with van der Waals surface area (Å²) in [6.45, 7) is 0. The Morgan fingerprint density at radius 3 is 1.75 bits per heavy atom. The van der Waals surface area contributed by atoms with E-state index in [9.17, 15) is 13.0 Å². The van der Waals surface area contributed by atoms with Gasteiger partial charge in [0.1, 0.15) is 0 Å². The van der Waals surface area contributed by atoms with Crippen LogP contribution in [-0.2, 0) is 22.2 Å². The summed E-state index contributed by atoms with van der Waals surface area (Å²) in [4.78, 5) is 0. The van der Waals surface area contributed by atoms with E-state index in [4.69, 9.17) is 16.0 Å². The molecule has 0 fully saturated rings. The summed E-state index contributed by atoms with van der Waals surface area (Å²) in [5.74, 6) is 1.64. The van der Waals surface area contributed by atoms with Gasteiger partial charge in [0.05, 0.1) is 5.75 Å². The van der Waals surface area contributed by atoms with Gasteiger partial charge in [0, 0.05) is 29.3 Å². The van der Waals surface area contributed by atoms with Crippen LogP contribution in [0.25, 0.3) is 0 Å². The molecule has 0 rings (SSSR count). The smallest absolute Gasteiger partial charge is 0.772 e. The quantitative estimate of drug-likeness (QED) is 0.140. The molecule has 0 amide bonds. The standard InChI is InChI=1S/C8H20N2O4S4.2Na/c9-7(1-3-17(11)12)5-15-16-6-8(10)2-4-18(13)14;;/h7-8H,1-6,9-10H2,(H,11,12)(H,13,14);;/q;2*+1/p-1/t7-,8-;;/m1../s1. The molecule has 5 N–H and O–H groups in total. The van der Waals surface area contributed by atoms with Gasteiger partial charge in [-0.15, -0.1) is 0 Å². The Labute approximate surface area is 177 Å². The summed E-state index contributed by atoms with van der Waals surface area (Å²) in [5.41, 5.74) is 11.5. The van der Waals surface area contributed by atoms with Crippen molar-refractivity contribution in [2.24, 2.45) is 11.5 Å². The fourth-order valence-corrected chi connectivity index (χ4v) is 4.44. The van der Waals surface area contributed by atoms with E-state index in [0.29, 0.717) is 24.3 Å². The predicted molar refractivity (Wildman–Crippen MR) is 79.5 cm³/mol. The summed E-state index contributed by atoms with van der Waals surface area (Å²) in [7, 11) is 3.10. The van der Waals surface area contributed by atoms with Gasteiger partial charge in [0.25, 0.3) is 0 Å². The van der Waals surface area contributed by atoms with Gasteiger partial charge < -0.3 is 20.6 Å². The Bertz CT molecular complexity index is 253. The summed E-state index contributed by atoms with van der Waals surface area (Å²) in [6, 6.07) is -0.245. The van der Waals surface area contributed by atoms with Crippen molar-refractivity contribution in [3.05, 3.63) is 0 Å². The molecule has 0 saturated heterocycles. The molecule has 20 heavy (non-hydrogen) atoms. The Hall–Kier alpha value is 2.84. The van der Waals surface area contributed by atoms with Crippen molar-refractivity contribution in [1.29, 1.82) is 0 Å². The molecule has 12 heteroatoms. The van der Waals surface area contributed by atoms with Gasteiger partial charge in [0.15, 0.2) is 11.1 Å². The third-order valence-corrected chi connectivity index (χ3v) is 5.73. The second kappa shape index (κ2) is 18.2. The average Bonchev–Trinajstić information content (AvgIpc) is 2.29. The van der Waals surface area contributed by atoms with E-state index in [1.165, 1.54) is 0 Å². The molecule has 0 heterocycles. The van der Waals surface area contributed by atoms with E-state index < -0.39 is 22.2 Å². The third kappa shape index (κ3) is 20.8. The molecule has 110 valence electrons. The van der Waals surface area contributed by atoms with Gasteiger partial charge >= 0.3 is 59.1 Å². The van der Waals surface area contributed by atoms with Gasteiger partial charge in [-0.1, -0.05) is 32.7 Å². The Morgan fingerprint density at radius 1 is 1.00 bits per heavy atom. The van der Waals surface area contributed by atoms with Gasteiger partial charge in [-0.25, -0.2) is 4.21 Å². The fourth-order valence-electron chi connectivity index (χ4n) is 0.937. The first-order valence-corrected chi connectivity index (χ1v) is 10.3. The van der Waals surface area contributed by atoms with Gasteiger partial charge in [-0.3, -0.25) is 4.21 Å². The van der Waals surface area contributed by atoms with Crippen LogP contribution in [0.5, 0.6) is 0 Å². The van der Waals surface area contributed by atoms with Crippen LogP contribution in [0.3, 0.4) is 0 Å². The minimum atomic E-state index is -2.03. The van der Waals surface area contributed by atoms with E-state index in [2.05, 4.69) is 0 Å². The van der Waals surface area contributed by atoms with E-state index in [1.54, 1.807) is 21.6 Å². The first-order valence-electron chi connectivity index (χ1n) is 5.30. The monoisotopic (exact) mass is 381 g/mol.